The Kier molecular flexibility index (Phi) is 5.47. The predicted octanol–water partition coefficient (Wildman–Crippen LogP) is 5.31. The van der Waals surface area contributed by atoms with Gasteiger partial charge in [0.25, 0.3) is 11.8 Å². The Morgan fingerprint density at radius 2 is 1.45 bits per heavy atom. The minimum atomic E-state index is -0.304. The summed E-state index contributed by atoms with van der Waals surface area (Å²) in [5.74, 6) is -0.577. The third kappa shape index (κ3) is 4.02. The molecular formula is C27H26N2O2. The third-order valence-electron chi connectivity index (χ3n) is 5.83. The number of anilines is 1. The molecule has 1 heterocycles. The summed E-state index contributed by atoms with van der Waals surface area (Å²) in [5.41, 5.74) is 7.61. The van der Waals surface area contributed by atoms with Crippen LogP contribution in [0.3, 0.4) is 0 Å². The molecule has 1 N–H and O–H groups in total. The van der Waals surface area contributed by atoms with Crippen LogP contribution in [0.1, 0.15) is 33.4 Å². The second kappa shape index (κ2) is 8.23. The number of hydrogen-bond donors (Lipinski definition) is 1. The molecule has 0 saturated heterocycles. The number of imide groups is 1. The lowest BCUT2D eigenvalue weighted by molar-refractivity contribution is -0.137. The number of carbonyl (C=O) groups excluding carboxylic acids is 2. The van der Waals surface area contributed by atoms with E-state index in [-0.39, 0.29) is 18.4 Å². The van der Waals surface area contributed by atoms with Crippen molar-refractivity contribution < 1.29 is 9.59 Å². The zero-order valence-corrected chi connectivity index (χ0v) is 18.3. The molecule has 2 amide bonds. The van der Waals surface area contributed by atoms with Crippen molar-refractivity contribution in [3.63, 3.8) is 0 Å². The van der Waals surface area contributed by atoms with Crippen molar-refractivity contribution in [3.05, 3.63) is 106 Å². The number of hydrogen-bond acceptors (Lipinski definition) is 3. The van der Waals surface area contributed by atoms with Crippen molar-refractivity contribution in [2.45, 2.75) is 34.2 Å². The lowest BCUT2D eigenvalue weighted by Crippen LogP contribution is -2.32. The van der Waals surface area contributed by atoms with Crippen LogP contribution in [0, 0.1) is 27.7 Å². The van der Waals surface area contributed by atoms with Gasteiger partial charge in [0.05, 0.1) is 12.1 Å². The number of nitrogens with one attached hydrogen (secondary N) is 1. The van der Waals surface area contributed by atoms with Crippen LogP contribution >= 0.6 is 0 Å². The van der Waals surface area contributed by atoms with E-state index in [1.165, 1.54) is 4.90 Å². The van der Waals surface area contributed by atoms with Crippen LogP contribution in [-0.4, -0.2) is 16.7 Å². The second-order valence-electron chi connectivity index (χ2n) is 8.17. The fourth-order valence-electron chi connectivity index (χ4n) is 3.72. The molecule has 3 aromatic rings. The topological polar surface area (TPSA) is 49.4 Å². The van der Waals surface area contributed by atoms with Crippen LogP contribution in [0.5, 0.6) is 0 Å². The fraction of sp³-hybridized carbons (Fsp3) is 0.185. The van der Waals surface area contributed by atoms with Gasteiger partial charge in [-0.25, -0.2) is 0 Å². The molecule has 156 valence electrons. The summed E-state index contributed by atoms with van der Waals surface area (Å²) in [6.07, 6.45) is 0. The third-order valence-corrected chi connectivity index (χ3v) is 5.83. The molecule has 0 aliphatic carbocycles. The average Bonchev–Trinajstić information content (AvgIpc) is 2.97. The molecule has 3 aromatic carbocycles. The number of aryl methyl sites for hydroxylation is 4. The molecule has 0 fully saturated rings. The summed E-state index contributed by atoms with van der Waals surface area (Å²) in [5, 5.41) is 3.26. The summed E-state index contributed by atoms with van der Waals surface area (Å²) < 4.78 is 0. The Morgan fingerprint density at radius 1 is 0.742 bits per heavy atom. The number of carbonyl (C=O) groups is 2. The minimum Gasteiger partial charge on any atom is -0.350 e. The van der Waals surface area contributed by atoms with E-state index < -0.39 is 0 Å². The molecule has 4 heteroatoms. The number of nitrogens with zero attached hydrogens (tertiary/aromatic N) is 1. The molecule has 0 spiro atoms. The van der Waals surface area contributed by atoms with Crippen LogP contribution in [0.2, 0.25) is 0 Å². The van der Waals surface area contributed by atoms with Gasteiger partial charge in [-0.05, 0) is 61.6 Å². The van der Waals surface area contributed by atoms with Gasteiger partial charge in [0, 0.05) is 5.69 Å². The zero-order chi connectivity index (χ0) is 22.1. The number of amides is 2. The van der Waals surface area contributed by atoms with Gasteiger partial charge in [-0.3, -0.25) is 14.5 Å². The highest BCUT2D eigenvalue weighted by atomic mass is 16.2. The van der Waals surface area contributed by atoms with Crippen LogP contribution in [0.4, 0.5) is 5.69 Å². The van der Waals surface area contributed by atoms with Gasteiger partial charge in [0.15, 0.2) is 0 Å². The van der Waals surface area contributed by atoms with Crippen molar-refractivity contribution >= 4 is 23.1 Å². The smallest absolute Gasteiger partial charge is 0.278 e. The van der Waals surface area contributed by atoms with Gasteiger partial charge in [-0.15, -0.1) is 0 Å². The van der Waals surface area contributed by atoms with Crippen LogP contribution < -0.4 is 5.32 Å². The molecule has 0 bridgehead atoms. The highest BCUT2D eigenvalue weighted by molar-refractivity contribution is 6.36. The number of para-hydroxylation sites is 1. The molecule has 31 heavy (non-hydrogen) atoms. The first-order valence-corrected chi connectivity index (χ1v) is 10.4. The molecule has 0 aromatic heterocycles. The first-order valence-electron chi connectivity index (χ1n) is 10.4. The van der Waals surface area contributed by atoms with Crippen LogP contribution in [-0.2, 0) is 16.1 Å². The van der Waals surface area contributed by atoms with Crippen molar-refractivity contribution in [1.82, 2.24) is 4.90 Å². The molecule has 0 radical (unpaired) electrons. The lowest BCUT2D eigenvalue weighted by atomic mass is 9.99. The maximum absolute atomic E-state index is 13.5. The lowest BCUT2D eigenvalue weighted by Gasteiger charge is -2.16. The van der Waals surface area contributed by atoms with Gasteiger partial charge in [0.1, 0.15) is 5.70 Å². The molecule has 1 aliphatic rings. The zero-order valence-electron chi connectivity index (χ0n) is 18.3. The quantitative estimate of drug-likeness (QED) is 0.580. The van der Waals surface area contributed by atoms with E-state index in [9.17, 15) is 9.59 Å². The Bertz CT molecular complexity index is 1210. The Morgan fingerprint density at radius 3 is 2.13 bits per heavy atom. The van der Waals surface area contributed by atoms with E-state index in [2.05, 4.69) is 5.32 Å². The maximum atomic E-state index is 13.5. The van der Waals surface area contributed by atoms with E-state index in [1.807, 2.05) is 94.4 Å². The normalized spacial score (nSPS) is 13.9. The number of benzene rings is 3. The van der Waals surface area contributed by atoms with Crippen LogP contribution in [0.15, 0.2) is 72.4 Å². The fourth-order valence-corrected chi connectivity index (χ4v) is 3.72. The van der Waals surface area contributed by atoms with Gasteiger partial charge < -0.3 is 5.32 Å². The molecule has 1 aliphatic heterocycles. The summed E-state index contributed by atoms with van der Waals surface area (Å²) >= 11 is 0. The first-order chi connectivity index (χ1) is 14.8. The second-order valence-corrected chi connectivity index (χ2v) is 8.17. The Labute approximate surface area is 183 Å². The SMILES string of the molecule is Cc1ccc(CN2C(=O)C(Nc3ccccc3C)=C(c3ccc(C)c(C)c3)C2=O)cc1. The predicted molar refractivity (Wildman–Crippen MR) is 124 cm³/mol. The molecule has 0 atom stereocenters. The largest absolute Gasteiger partial charge is 0.350 e. The molecular weight excluding hydrogens is 384 g/mol. The van der Waals surface area contributed by atoms with Crippen molar-refractivity contribution in [1.29, 1.82) is 0 Å². The first kappa shape index (κ1) is 20.6. The van der Waals surface area contributed by atoms with Gasteiger partial charge in [-0.1, -0.05) is 66.2 Å². The summed E-state index contributed by atoms with van der Waals surface area (Å²) in [6.45, 7) is 8.28. The molecule has 4 rings (SSSR count). The van der Waals surface area contributed by atoms with Crippen molar-refractivity contribution in [2.24, 2.45) is 0 Å². The minimum absolute atomic E-state index is 0.241. The molecule has 0 saturated carbocycles. The van der Waals surface area contributed by atoms with E-state index in [0.29, 0.717) is 11.3 Å². The van der Waals surface area contributed by atoms with Crippen molar-refractivity contribution in [3.8, 4) is 0 Å². The van der Waals surface area contributed by atoms with Gasteiger partial charge >= 0.3 is 0 Å². The van der Waals surface area contributed by atoms with Gasteiger partial charge in [-0.2, -0.15) is 0 Å². The van der Waals surface area contributed by atoms with Crippen molar-refractivity contribution in [2.75, 3.05) is 5.32 Å². The van der Waals surface area contributed by atoms with E-state index in [1.54, 1.807) is 0 Å². The summed E-state index contributed by atoms with van der Waals surface area (Å²) in [7, 11) is 0. The van der Waals surface area contributed by atoms with E-state index in [4.69, 9.17) is 0 Å². The molecule has 0 unspecified atom stereocenters. The maximum Gasteiger partial charge on any atom is 0.278 e. The Hall–Kier alpha value is -3.66. The van der Waals surface area contributed by atoms with E-state index >= 15 is 0 Å². The van der Waals surface area contributed by atoms with E-state index in [0.717, 1.165) is 39.1 Å². The summed E-state index contributed by atoms with van der Waals surface area (Å²) in [4.78, 5) is 28.2. The van der Waals surface area contributed by atoms with Gasteiger partial charge in [0.2, 0.25) is 0 Å². The molecule has 4 nitrogen and oxygen atoms in total. The average molecular weight is 411 g/mol. The number of rotatable bonds is 5. The highest BCUT2D eigenvalue weighted by Crippen LogP contribution is 2.33. The Balaban J connectivity index is 1.77. The standard InChI is InChI=1S/C27H26N2O2/c1-17-9-12-21(13-10-17)16-29-26(30)24(22-14-11-18(2)20(4)15-22)25(27(29)31)28-23-8-6-5-7-19(23)3/h5-15,28H,16H2,1-4H3. The highest BCUT2D eigenvalue weighted by Gasteiger charge is 2.39. The monoisotopic (exact) mass is 410 g/mol. The van der Waals surface area contributed by atoms with Crippen LogP contribution in [0.25, 0.3) is 5.57 Å². The summed E-state index contributed by atoms with van der Waals surface area (Å²) in [6, 6.07) is 21.5.